The summed E-state index contributed by atoms with van der Waals surface area (Å²) >= 11 is 14.8. The molecule has 1 atom stereocenters. The van der Waals surface area contributed by atoms with Crippen molar-refractivity contribution in [3.63, 3.8) is 0 Å². The van der Waals surface area contributed by atoms with Gasteiger partial charge in [0.25, 0.3) is 0 Å². The summed E-state index contributed by atoms with van der Waals surface area (Å²) < 4.78 is 2.08. The Morgan fingerprint density at radius 2 is 1.67 bits per heavy atom. The van der Waals surface area contributed by atoms with Gasteiger partial charge in [0, 0.05) is 11.7 Å². The first-order valence-corrected chi connectivity index (χ1v) is 9.12. The third-order valence-corrected chi connectivity index (χ3v) is 5.08. The molecule has 1 aromatic carbocycles. The zero-order chi connectivity index (χ0) is 16.0. The van der Waals surface area contributed by atoms with Crippen molar-refractivity contribution in [2.45, 2.75) is 52.5 Å². The lowest BCUT2D eigenvalue weighted by molar-refractivity contribution is 0.626. The summed E-state index contributed by atoms with van der Waals surface area (Å²) in [6, 6.07) is 5.67. The van der Waals surface area contributed by atoms with Crippen LogP contribution in [0.2, 0.25) is 10.0 Å². The number of allylic oxidation sites excluding steroid dienone is 1. The van der Waals surface area contributed by atoms with Gasteiger partial charge in [0.2, 0.25) is 0 Å². The maximum atomic E-state index is 6.29. The molecule has 0 radical (unpaired) electrons. The summed E-state index contributed by atoms with van der Waals surface area (Å²) in [6.07, 6.45) is 4.49. The standard InChI is InChI=1S/C14H17Cl2IN2.C2H6/c1-9(18)10-5-2-3-8-13(10)19(17)14-11(15)6-4-7-12(14)16;1-2/h4,6-7,9H,2-3,5,8,18H2,1H3;1-2H3. The lowest BCUT2D eigenvalue weighted by atomic mass is 9.92. The smallest absolute Gasteiger partial charge is 0.0879 e. The highest BCUT2D eigenvalue weighted by atomic mass is 127. The second kappa shape index (κ2) is 9.23. The predicted molar refractivity (Wildman–Crippen MR) is 103 cm³/mol. The van der Waals surface area contributed by atoms with Crippen molar-refractivity contribution in [1.82, 2.24) is 0 Å². The molecule has 0 saturated heterocycles. The summed E-state index contributed by atoms with van der Waals surface area (Å²) in [7, 11) is 0. The van der Waals surface area contributed by atoms with Crippen LogP contribution >= 0.6 is 46.1 Å². The van der Waals surface area contributed by atoms with Gasteiger partial charge in [-0.1, -0.05) is 43.1 Å². The minimum Gasteiger partial charge on any atom is -0.324 e. The van der Waals surface area contributed by atoms with Crippen LogP contribution in [0.4, 0.5) is 5.69 Å². The van der Waals surface area contributed by atoms with E-state index in [-0.39, 0.29) is 6.04 Å². The third-order valence-electron chi connectivity index (χ3n) is 3.40. The number of anilines is 1. The number of hydrogen-bond donors (Lipinski definition) is 1. The van der Waals surface area contributed by atoms with Crippen LogP contribution in [0.15, 0.2) is 29.5 Å². The Morgan fingerprint density at radius 3 is 2.19 bits per heavy atom. The topological polar surface area (TPSA) is 29.3 Å². The molecule has 21 heavy (non-hydrogen) atoms. The van der Waals surface area contributed by atoms with Crippen molar-refractivity contribution < 1.29 is 0 Å². The fraction of sp³-hybridized carbons (Fsp3) is 0.500. The average Bonchev–Trinajstić information content (AvgIpc) is 2.49. The Balaban J connectivity index is 0.00000106. The average molecular weight is 441 g/mol. The highest BCUT2D eigenvalue weighted by Gasteiger charge is 2.23. The van der Waals surface area contributed by atoms with E-state index in [4.69, 9.17) is 28.9 Å². The minimum atomic E-state index is 0.0776. The van der Waals surface area contributed by atoms with E-state index in [0.717, 1.165) is 18.5 Å². The number of rotatable bonds is 3. The molecular formula is C16H23Cl2IN2. The van der Waals surface area contributed by atoms with Crippen molar-refractivity contribution in [2.24, 2.45) is 5.73 Å². The van der Waals surface area contributed by atoms with Crippen LogP contribution in [0.5, 0.6) is 0 Å². The largest absolute Gasteiger partial charge is 0.324 e. The van der Waals surface area contributed by atoms with Crippen LogP contribution in [0.1, 0.15) is 46.5 Å². The molecule has 0 spiro atoms. The summed E-state index contributed by atoms with van der Waals surface area (Å²) in [6.45, 7) is 6.04. The Labute approximate surface area is 152 Å². The van der Waals surface area contributed by atoms with Gasteiger partial charge in [0.05, 0.1) is 38.6 Å². The Bertz CT molecular complexity index is 481. The van der Waals surface area contributed by atoms with Crippen molar-refractivity contribution in [3.05, 3.63) is 39.5 Å². The van der Waals surface area contributed by atoms with Crippen molar-refractivity contribution in [1.29, 1.82) is 0 Å². The Morgan fingerprint density at radius 1 is 1.14 bits per heavy atom. The maximum absolute atomic E-state index is 6.29. The molecule has 118 valence electrons. The molecule has 0 aliphatic heterocycles. The minimum absolute atomic E-state index is 0.0776. The molecule has 1 unspecified atom stereocenters. The molecule has 1 aliphatic rings. The number of nitrogens with zero attached hydrogens (tertiary/aromatic N) is 1. The van der Waals surface area contributed by atoms with Crippen LogP contribution < -0.4 is 8.85 Å². The Kier molecular flexibility index (Phi) is 8.39. The van der Waals surface area contributed by atoms with Gasteiger partial charge >= 0.3 is 0 Å². The fourth-order valence-electron chi connectivity index (χ4n) is 2.44. The normalized spacial score (nSPS) is 16.1. The molecule has 0 fully saturated rings. The fourth-order valence-corrected chi connectivity index (χ4v) is 4.36. The second-order valence-electron chi connectivity index (χ2n) is 4.82. The number of halogens is 3. The number of benzene rings is 1. The quantitative estimate of drug-likeness (QED) is 0.438. The van der Waals surface area contributed by atoms with Gasteiger partial charge in [-0.15, -0.1) is 0 Å². The zero-order valence-electron chi connectivity index (χ0n) is 12.8. The van der Waals surface area contributed by atoms with Crippen molar-refractivity contribution in [2.75, 3.05) is 3.11 Å². The molecule has 2 rings (SSSR count). The lowest BCUT2D eigenvalue weighted by Crippen LogP contribution is -2.26. The van der Waals surface area contributed by atoms with Gasteiger partial charge in [-0.2, -0.15) is 0 Å². The number of hydrogen-bond acceptors (Lipinski definition) is 2. The van der Waals surface area contributed by atoms with Crippen LogP contribution in [0, 0.1) is 0 Å². The third kappa shape index (κ3) is 4.75. The molecule has 1 aliphatic carbocycles. The highest BCUT2D eigenvalue weighted by Crippen LogP contribution is 2.41. The zero-order valence-corrected chi connectivity index (χ0v) is 16.5. The van der Waals surface area contributed by atoms with Crippen LogP contribution in [-0.2, 0) is 0 Å². The second-order valence-corrected chi connectivity index (χ2v) is 6.60. The van der Waals surface area contributed by atoms with E-state index < -0.39 is 0 Å². The van der Waals surface area contributed by atoms with Gasteiger partial charge in [0.1, 0.15) is 0 Å². The van der Waals surface area contributed by atoms with Crippen molar-refractivity contribution >= 4 is 51.8 Å². The van der Waals surface area contributed by atoms with Crippen LogP contribution in [0.3, 0.4) is 0 Å². The van der Waals surface area contributed by atoms with E-state index in [2.05, 4.69) is 26.0 Å². The summed E-state index contributed by atoms with van der Waals surface area (Å²) in [5.41, 5.74) is 9.54. The van der Waals surface area contributed by atoms with Gasteiger partial charge in [-0.05, 0) is 50.3 Å². The molecule has 0 amide bonds. The predicted octanol–water partition coefficient (Wildman–Crippen LogP) is 6.35. The molecule has 0 saturated carbocycles. The van der Waals surface area contributed by atoms with Gasteiger partial charge < -0.3 is 5.73 Å². The molecule has 1 aromatic rings. The maximum Gasteiger partial charge on any atom is 0.0879 e. The number of nitrogens with two attached hydrogens (primary N) is 1. The van der Waals surface area contributed by atoms with E-state index in [0.29, 0.717) is 10.0 Å². The first kappa shape index (κ1) is 19.1. The molecule has 0 aromatic heterocycles. The first-order valence-electron chi connectivity index (χ1n) is 7.39. The molecular weight excluding hydrogens is 418 g/mol. The van der Waals surface area contributed by atoms with E-state index in [9.17, 15) is 0 Å². The highest BCUT2D eigenvalue weighted by molar-refractivity contribution is 14.1. The summed E-state index contributed by atoms with van der Waals surface area (Å²) in [4.78, 5) is 0. The van der Waals surface area contributed by atoms with Crippen LogP contribution in [-0.4, -0.2) is 6.04 Å². The van der Waals surface area contributed by atoms with Gasteiger partial charge in [-0.3, -0.25) is 3.11 Å². The monoisotopic (exact) mass is 440 g/mol. The van der Waals surface area contributed by atoms with Crippen molar-refractivity contribution in [3.8, 4) is 0 Å². The van der Waals surface area contributed by atoms with E-state index in [1.165, 1.54) is 24.1 Å². The Hall–Kier alpha value is 0.0300. The molecule has 5 heteroatoms. The first-order chi connectivity index (χ1) is 10.0. The van der Waals surface area contributed by atoms with E-state index in [1.807, 2.05) is 39.0 Å². The van der Waals surface area contributed by atoms with E-state index >= 15 is 0 Å². The summed E-state index contributed by atoms with van der Waals surface area (Å²) in [5.74, 6) is 0. The SMILES string of the molecule is CC.CC(N)C1=C(N(I)c2c(Cl)cccc2Cl)CCCC1. The molecule has 0 bridgehead atoms. The molecule has 2 N–H and O–H groups in total. The van der Waals surface area contributed by atoms with Gasteiger partial charge in [0.15, 0.2) is 0 Å². The lowest BCUT2D eigenvalue weighted by Gasteiger charge is -2.30. The van der Waals surface area contributed by atoms with Gasteiger partial charge in [-0.25, -0.2) is 0 Å². The summed E-state index contributed by atoms with van der Waals surface area (Å²) in [5, 5.41) is 1.34. The van der Waals surface area contributed by atoms with E-state index in [1.54, 1.807) is 0 Å². The van der Waals surface area contributed by atoms with Crippen LogP contribution in [0.25, 0.3) is 0 Å². The molecule has 2 nitrogen and oxygen atoms in total. The molecule has 0 heterocycles. The number of para-hydroxylation sites is 1.